The first-order chi connectivity index (χ1) is 72.5. The Bertz CT molecular complexity index is 7480. The molecule has 0 fully saturated rings. The van der Waals surface area contributed by atoms with Gasteiger partial charge < -0.3 is 19.6 Å². The summed E-state index contributed by atoms with van der Waals surface area (Å²) in [6.45, 7) is 20.3. The highest BCUT2D eigenvalue weighted by atomic mass is 15.1. The Morgan fingerprint density at radius 1 is 0.203 bits per heavy atom. The van der Waals surface area contributed by atoms with E-state index >= 15 is 0 Å². The van der Waals surface area contributed by atoms with Crippen molar-refractivity contribution in [3.8, 4) is 66.8 Å². The first kappa shape index (κ1) is 104. The largest absolute Gasteiger partial charge is 0.345 e. The number of aryl methyl sites for hydroxylation is 5. The number of unbranched alkanes of at least 4 members (excludes halogenated alkanes) is 17. The van der Waals surface area contributed by atoms with Crippen molar-refractivity contribution in [2.45, 2.75) is 247 Å². The average Bonchev–Trinajstić information content (AvgIpc) is 1.51. The number of hydrogen-bond donors (Lipinski definition) is 0. The summed E-state index contributed by atoms with van der Waals surface area (Å²) >= 11 is 0. The van der Waals surface area contributed by atoms with Gasteiger partial charge in [-0.05, 0) is 318 Å². The van der Waals surface area contributed by atoms with Gasteiger partial charge in [-0.15, -0.1) is 0 Å². The van der Waals surface area contributed by atoms with Gasteiger partial charge in [-0.2, -0.15) is 0 Å². The Balaban J connectivity index is 0.000000130. The summed E-state index contributed by atoms with van der Waals surface area (Å²) in [5.41, 5.74) is 39.2. The van der Waals surface area contributed by atoms with Crippen LogP contribution >= 0.6 is 0 Å². The normalized spacial score (nSPS) is 12.4. The van der Waals surface area contributed by atoms with E-state index in [0.29, 0.717) is 0 Å². The van der Waals surface area contributed by atoms with Gasteiger partial charge in [0.1, 0.15) is 0 Å². The minimum atomic E-state index is 0.0519. The van der Waals surface area contributed by atoms with E-state index in [1.54, 1.807) is 22.3 Å². The van der Waals surface area contributed by atoms with Crippen molar-refractivity contribution in [3.63, 3.8) is 0 Å². The Labute approximate surface area is 886 Å². The molecule has 0 aromatic heterocycles. The number of fused-ring (bicyclic) bond motifs is 8. The van der Waals surface area contributed by atoms with Gasteiger partial charge in [0.05, 0.1) is 0 Å². The molecule has 0 N–H and O–H groups in total. The lowest BCUT2D eigenvalue weighted by Crippen LogP contribution is -2.26. The quantitative estimate of drug-likeness (QED) is 0.0216. The van der Waals surface area contributed by atoms with Crippen LogP contribution in [0.15, 0.2) is 382 Å². The third-order valence-corrected chi connectivity index (χ3v) is 32.7. The molecule has 148 heavy (non-hydrogen) atoms. The second-order valence-corrected chi connectivity index (χ2v) is 42.7. The first-order valence-corrected chi connectivity index (χ1v) is 56.2. The highest BCUT2D eigenvalue weighted by Gasteiger charge is 2.45. The molecule has 0 bridgehead atoms. The summed E-state index contributed by atoms with van der Waals surface area (Å²) in [6, 6.07) is 142. The van der Waals surface area contributed by atoms with Gasteiger partial charge in [0, 0.05) is 89.9 Å². The molecule has 0 amide bonds. The summed E-state index contributed by atoms with van der Waals surface area (Å²) < 4.78 is 0. The zero-order valence-corrected chi connectivity index (χ0v) is 90.8. The Kier molecular flexibility index (Phi) is 34.5. The molecule has 0 saturated heterocycles. The molecule has 4 nitrogen and oxygen atoms in total. The van der Waals surface area contributed by atoms with Gasteiger partial charge in [-0.25, -0.2) is 0 Å². The number of hydrogen-bond acceptors (Lipinski definition) is 4. The van der Waals surface area contributed by atoms with E-state index in [-0.39, 0.29) is 10.8 Å². The maximum atomic E-state index is 2.57. The average molecular weight is 1940 g/mol. The molecule has 2 aliphatic rings. The van der Waals surface area contributed by atoms with E-state index in [1.807, 2.05) is 0 Å². The van der Waals surface area contributed by atoms with Crippen LogP contribution in [0.4, 0.5) is 45.5 Å². The molecule has 21 rings (SSSR count). The summed E-state index contributed by atoms with van der Waals surface area (Å²) in [6.07, 6.45) is 35.2. The molecule has 0 heterocycles. The molecule has 19 aromatic rings. The third-order valence-electron chi connectivity index (χ3n) is 32.7. The van der Waals surface area contributed by atoms with Crippen LogP contribution in [0.25, 0.3) is 121 Å². The second-order valence-electron chi connectivity index (χ2n) is 42.7. The fourth-order valence-electron chi connectivity index (χ4n) is 24.1. The maximum absolute atomic E-state index is 2.57. The summed E-state index contributed by atoms with van der Waals surface area (Å²) in [5.74, 6) is 0. The molecule has 4 heteroatoms. The summed E-state index contributed by atoms with van der Waals surface area (Å²) in [4.78, 5) is 9.16. The van der Waals surface area contributed by atoms with E-state index in [9.17, 15) is 0 Å². The topological polar surface area (TPSA) is 13.0 Å². The smallest absolute Gasteiger partial charge is 0.0488 e. The fourth-order valence-corrected chi connectivity index (χ4v) is 24.1. The molecule has 19 aromatic carbocycles. The van der Waals surface area contributed by atoms with E-state index in [0.717, 1.165) is 0 Å². The molecule has 0 aliphatic heterocycles. The van der Waals surface area contributed by atoms with Crippen LogP contribution in [0.3, 0.4) is 0 Å². The van der Waals surface area contributed by atoms with Crippen LogP contribution in [-0.4, -0.2) is 28.2 Å². The lowest BCUT2D eigenvalue weighted by atomic mass is 9.70. The Morgan fingerprint density at radius 3 is 0.939 bits per heavy atom. The molecular formula is C144H156N4. The zero-order valence-electron chi connectivity index (χ0n) is 90.8. The van der Waals surface area contributed by atoms with Crippen LogP contribution in [0.5, 0.6) is 0 Å². The van der Waals surface area contributed by atoms with Gasteiger partial charge in [0.2, 0.25) is 0 Å². The maximum Gasteiger partial charge on any atom is 0.0488 e. The SMILES string of the molecule is CCCCCCC1(CCCCCC)c2cc(-c3ccc(C)cc3)ccc2-c2ccc(-c3ccc(N(C)c4ccccc4)cc3)cc21.CCCCCCC1(CCCCCC)c2cc(C)ccc2-c2ccc(N(C)c3ccccc3)cc21.CCCCCCCCc1ccc(N(C)c2ccc3ccc4c(C)ccc5ccc2c3c54)cc1.Cc1ccc(-c2c3ccccc3c(-c3ccc(N(C)c4ccccc4)cc3)c3ccccc23)cc1. The molecule has 2 aliphatic carbocycles. The van der Waals surface area contributed by atoms with Gasteiger partial charge in [-0.3, -0.25) is 0 Å². The van der Waals surface area contributed by atoms with Crippen molar-refractivity contribution in [2.24, 2.45) is 0 Å². The van der Waals surface area contributed by atoms with Gasteiger partial charge >= 0.3 is 0 Å². The van der Waals surface area contributed by atoms with Crippen molar-refractivity contribution in [1.29, 1.82) is 0 Å². The minimum Gasteiger partial charge on any atom is -0.345 e. The Morgan fingerprint density at radius 2 is 0.500 bits per heavy atom. The Hall–Kier alpha value is -14.1. The van der Waals surface area contributed by atoms with Gasteiger partial charge in [-0.1, -0.05) is 465 Å². The lowest BCUT2D eigenvalue weighted by Gasteiger charge is -2.34. The van der Waals surface area contributed by atoms with Crippen molar-refractivity contribution in [1.82, 2.24) is 0 Å². The highest BCUT2D eigenvalue weighted by molar-refractivity contribution is 6.26. The van der Waals surface area contributed by atoms with Crippen LogP contribution < -0.4 is 19.6 Å². The van der Waals surface area contributed by atoms with Crippen molar-refractivity contribution in [2.75, 3.05) is 47.8 Å². The molecular weight excluding hydrogens is 1790 g/mol. The standard InChI is InChI=1S/C45H51N.C34H27N.C33H43N.C32H35N/c1-5-7-9-14-30-45(31-15-10-8-6-2)43-32-37(35-20-18-34(3)19-21-35)24-28-41(43)42-29-25-38(33-44(42)45)36-22-26-40(27-23-36)46(4)39-16-12-11-13-17-39;1-24-16-18-25(19-17-24)33-29-12-6-8-14-31(29)34(32-15-9-7-13-30(32)33)26-20-22-28(23-21-26)35(2)27-10-4-3-5-11-27;1-5-7-9-14-22-33(23-15-10-8-6-2)31-24-26(3)18-20-29(31)30-21-19-28(25-32(30)33)34(4)27-16-12-11-13-17-27;1-4-5-6-7-8-9-10-24-12-18-27(19-13-24)33(3)30-22-17-26-15-20-28-23(2)11-14-25-16-21-29(30)32(26)31(25)28/h11-13,16-29,32-33H,5-10,14-15,30-31H2,1-4H3;3-23H,1-2H3;11-13,16-21,24-25H,5-10,14-15,22-23H2,1-4H3;11-22H,4-10H2,1-3H3. The van der Waals surface area contributed by atoms with E-state index in [4.69, 9.17) is 0 Å². The lowest BCUT2D eigenvalue weighted by molar-refractivity contribution is 0.401. The fraction of sp³-hybridized carbons (Fsp3) is 0.292. The number of benzene rings is 19. The minimum absolute atomic E-state index is 0.0519. The predicted molar refractivity (Wildman–Crippen MR) is 648 cm³/mol. The van der Waals surface area contributed by atoms with Crippen LogP contribution in [0, 0.1) is 27.7 Å². The summed E-state index contributed by atoms with van der Waals surface area (Å²) in [7, 11) is 8.66. The molecule has 0 radical (unpaired) electrons. The number of anilines is 8. The molecule has 0 atom stereocenters. The third kappa shape index (κ3) is 23.0. The van der Waals surface area contributed by atoms with Crippen molar-refractivity contribution >= 4 is 99.4 Å². The zero-order chi connectivity index (χ0) is 102. The molecule has 0 spiro atoms. The second kappa shape index (κ2) is 49.2. The van der Waals surface area contributed by atoms with E-state index in [1.165, 1.54) is 367 Å². The first-order valence-electron chi connectivity index (χ1n) is 56.2. The van der Waals surface area contributed by atoms with Crippen molar-refractivity contribution < 1.29 is 0 Å². The number of para-hydroxylation sites is 3. The monoisotopic (exact) mass is 1940 g/mol. The van der Waals surface area contributed by atoms with Crippen LogP contribution in [0.2, 0.25) is 0 Å². The van der Waals surface area contributed by atoms with Gasteiger partial charge in [0.15, 0.2) is 0 Å². The van der Waals surface area contributed by atoms with Crippen LogP contribution in [0.1, 0.15) is 252 Å². The predicted octanol–water partition coefficient (Wildman–Crippen LogP) is 42.2. The van der Waals surface area contributed by atoms with E-state index in [2.05, 4.69) is 492 Å². The molecule has 0 saturated carbocycles. The molecule has 752 valence electrons. The van der Waals surface area contributed by atoms with Gasteiger partial charge in [0.25, 0.3) is 0 Å². The van der Waals surface area contributed by atoms with Crippen molar-refractivity contribution in [3.05, 3.63) is 432 Å². The van der Waals surface area contributed by atoms with Crippen LogP contribution in [-0.2, 0) is 17.3 Å². The number of nitrogens with zero attached hydrogens (tertiary/aromatic N) is 4. The summed E-state index contributed by atoms with van der Waals surface area (Å²) in [5, 5.41) is 13.3. The highest BCUT2D eigenvalue weighted by Crippen LogP contribution is 2.59. The number of rotatable bonds is 39. The van der Waals surface area contributed by atoms with E-state index < -0.39 is 0 Å². The molecule has 0 unspecified atom stereocenters.